The molecule has 1 fully saturated rings. The van der Waals surface area contributed by atoms with Gasteiger partial charge in [0, 0.05) is 12.8 Å². The molecule has 0 amide bonds. The minimum Gasteiger partial charge on any atom is -0.411 e. The Bertz CT molecular complexity index is 577. The fourth-order valence-corrected chi connectivity index (χ4v) is 2.13. The number of carbonyl (C=O) groups is 1. The van der Waals surface area contributed by atoms with Gasteiger partial charge in [-0.25, -0.2) is 4.39 Å². The SMILES string of the molecule is CC1(C)CC(=O)C(=NNc2ccc(F)cc2)C(=NO)C1. The number of anilines is 1. The van der Waals surface area contributed by atoms with Crippen LogP contribution in [0.4, 0.5) is 10.1 Å². The van der Waals surface area contributed by atoms with Crippen LogP contribution >= 0.6 is 0 Å². The third-order valence-electron chi connectivity index (χ3n) is 3.08. The van der Waals surface area contributed by atoms with Crippen LogP contribution in [-0.2, 0) is 4.79 Å². The van der Waals surface area contributed by atoms with Gasteiger partial charge in [-0.05, 0) is 29.7 Å². The molecule has 0 spiro atoms. The second-order valence-corrected chi connectivity index (χ2v) is 5.57. The Morgan fingerprint density at radius 1 is 1.25 bits per heavy atom. The van der Waals surface area contributed by atoms with Crippen LogP contribution in [0.5, 0.6) is 0 Å². The van der Waals surface area contributed by atoms with Gasteiger partial charge in [-0.1, -0.05) is 19.0 Å². The molecule has 0 unspecified atom stereocenters. The molecule has 5 nitrogen and oxygen atoms in total. The van der Waals surface area contributed by atoms with Gasteiger partial charge in [-0.3, -0.25) is 10.2 Å². The summed E-state index contributed by atoms with van der Waals surface area (Å²) in [5.41, 5.74) is 3.37. The zero-order chi connectivity index (χ0) is 14.8. The number of hydrazone groups is 1. The highest BCUT2D eigenvalue weighted by Crippen LogP contribution is 2.31. The summed E-state index contributed by atoms with van der Waals surface area (Å²) in [4.78, 5) is 12.0. The van der Waals surface area contributed by atoms with Gasteiger partial charge < -0.3 is 5.21 Å². The largest absolute Gasteiger partial charge is 0.411 e. The van der Waals surface area contributed by atoms with E-state index in [0.29, 0.717) is 18.5 Å². The van der Waals surface area contributed by atoms with Crippen molar-refractivity contribution >= 4 is 22.9 Å². The molecule has 6 heteroatoms. The fourth-order valence-electron chi connectivity index (χ4n) is 2.13. The summed E-state index contributed by atoms with van der Waals surface area (Å²) in [6.07, 6.45) is 0.815. The van der Waals surface area contributed by atoms with Crippen molar-refractivity contribution in [2.24, 2.45) is 15.7 Å². The lowest BCUT2D eigenvalue weighted by atomic mass is 9.75. The number of nitrogens with zero attached hydrogens (tertiary/aromatic N) is 2. The van der Waals surface area contributed by atoms with Gasteiger partial charge in [0.15, 0.2) is 11.5 Å². The molecule has 20 heavy (non-hydrogen) atoms. The lowest BCUT2D eigenvalue weighted by molar-refractivity contribution is -0.114. The summed E-state index contributed by atoms with van der Waals surface area (Å²) in [5, 5.41) is 16.2. The first kappa shape index (κ1) is 14.2. The monoisotopic (exact) mass is 277 g/mol. The van der Waals surface area contributed by atoms with E-state index in [9.17, 15) is 9.18 Å². The van der Waals surface area contributed by atoms with Crippen LogP contribution in [-0.4, -0.2) is 22.4 Å². The van der Waals surface area contributed by atoms with Crippen molar-refractivity contribution < 1.29 is 14.4 Å². The third kappa shape index (κ3) is 3.20. The third-order valence-corrected chi connectivity index (χ3v) is 3.08. The zero-order valence-corrected chi connectivity index (χ0v) is 11.4. The summed E-state index contributed by atoms with van der Waals surface area (Å²) >= 11 is 0. The number of rotatable bonds is 2. The van der Waals surface area contributed by atoms with Crippen molar-refractivity contribution in [3.8, 4) is 0 Å². The number of oxime groups is 1. The van der Waals surface area contributed by atoms with E-state index in [4.69, 9.17) is 5.21 Å². The van der Waals surface area contributed by atoms with Gasteiger partial charge in [-0.15, -0.1) is 0 Å². The normalized spacial score (nSPS) is 22.2. The van der Waals surface area contributed by atoms with Crippen molar-refractivity contribution in [3.05, 3.63) is 30.1 Å². The van der Waals surface area contributed by atoms with Crippen molar-refractivity contribution in [1.82, 2.24) is 0 Å². The second-order valence-electron chi connectivity index (χ2n) is 5.57. The highest BCUT2D eigenvalue weighted by Gasteiger charge is 2.36. The Morgan fingerprint density at radius 3 is 2.50 bits per heavy atom. The van der Waals surface area contributed by atoms with Crippen molar-refractivity contribution in [2.45, 2.75) is 26.7 Å². The topological polar surface area (TPSA) is 74.0 Å². The molecular weight excluding hydrogens is 261 g/mol. The zero-order valence-electron chi connectivity index (χ0n) is 11.4. The molecule has 1 saturated carbocycles. The number of ketones is 1. The maximum atomic E-state index is 12.8. The maximum absolute atomic E-state index is 12.8. The molecule has 106 valence electrons. The average molecular weight is 277 g/mol. The number of hydrogen-bond acceptors (Lipinski definition) is 5. The number of nitrogens with one attached hydrogen (secondary N) is 1. The summed E-state index contributed by atoms with van der Waals surface area (Å²) in [6.45, 7) is 3.86. The molecule has 0 radical (unpaired) electrons. The van der Waals surface area contributed by atoms with Crippen molar-refractivity contribution in [2.75, 3.05) is 5.43 Å². The van der Waals surface area contributed by atoms with E-state index in [2.05, 4.69) is 15.7 Å². The van der Waals surface area contributed by atoms with E-state index in [-0.39, 0.29) is 28.4 Å². The van der Waals surface area contributed by atoms with Crippen LogP contribution in [0.2, 0.25) is 0 Å². The number of benzene rings is 1. The molecule has 0 bridgehead atoms. The molecule has 0 aromatic heterocycles. The van der Waals surface area contributed by atoms with Crippen LogP contribution in [0.1, 0.15) is 26.7 Å². The predicted octanol–water partition coefficient (Wildman–Crippen LogP) is 2.81. The molecule has 1 aromatic carbocycles. The number of Topliss-reactive ketones (excluding diaryl/α,β-unsaturated/α-hetero) is 1. The highest BCUT2D eigenvalue weighted by molar-refractivity contribution is 6.68. The van der Waals surface area contributed by atoms with Crippen LogP contribution in [0, 0.1) is 11.2 Å². The number of halogens is 1. The summed E-state index contributed by atoms with van der Waals surface area (Å²) in [7, 11) is 0. The molecule has 1 aliphatic rings. The lowest BCUT2D eigenvalue weighted by Gasteiger charge is -2.29. The van der Waals surface area contributed by atoms with Crippen LogP contribution < -0.4 is 5.43 Å². The van der Waals surface area contributed by atoms with Crippen molar-refractivity contribution in [3.63, 3.8) is 0 Å². The summed E-state index contributed by atoms with van der Waals surface area (Å²) in [6, 6.07) is 5.59. The van der Waals surface area contributed by atoms with Gasteiger partial charge in [-0.2, -0.15) is 5.10 Å². The van der Waals surface area contributed by atoms with Crippen LogP contribution in [0.15, 0.2) is 34.5 Å². The van der Waals surface area contributed by atoms with E-state index < -0.39 is 0 Å². The Morgan fingerprint density at radius 2 is 1.90 bits per heavy atom. The summed E-state index contributed by atoms with van der Waals surface area (Å²) in [5.74, 6) is -0.528. The molecule has 0 aliphatic heterocycles. The number of hydrogen-bond donors (Lipinski definition) is 2. The van der Waals surface area contributed by atoms with Gasteiger partial charge in [0.1, 0.15) is 11.5 Å². The molecule has 0 heterocycles. The van der Waals surface area contributed by atoms with Crippen molar-refractivity contribution in [1.29, 1.82) is 0 Å². The molecule has 0 atom stereocenters. The van der Waals surface area contributed by atoms with Gasteiger partial charge in [0.25, 0.3) is 0 Å². The average Bonchev–Trinajstić information content (AvgIpc) is 2.38. The van der Waals surface area contributed by atoms with E-state index in [1.54, 1.807) is 0 Å². The quantitative estimate of drug-likeness (QED) is 0.644. The molecule has 2 N–H and O–H groups in total. The van der Waals surface area contributed by atoms with Gasteiger partial charge in [0.05, 0.1) is 5.69 Å². The molecule has 1 aromatic rings. The molecule has 2 rings (SSSR count). The predicted molar refractivity (Wildman–Crippen MR) is 74.7 cm³/mol. The highest BCUT2D eigenvalue weighted by atomic mass is 19.1. The lowest BCUT2D eigenvalue weighted by Crippen LogP contribution is -2.38. The van der Waals surface area contributed by atoms with Gasteiger partial charge in [0.2, 0.25) is 0 Å². The van der Waals surface area contributed by atoms with E-state index in [1.165, 1.54) is 24.3 Å². The Kier molecular flexibility index (Phi) is 3.83. The van der Waals surface area contributed by atoms with Crippen LogP contribution in [0.25, 0.3) is 0 Å². The standard InChI is InChI=1S/C14H16FN3O2/c1-14(2)7-11(18-20)13(12(19)8-14)17-16-10-5-3-9(15)4-6-10/h3-6,16,20H,7-8H2,1-2H3. The van der Waals surface area contributed by atoms with E-state index >= 15 is 0 Å². The summed E-state index contributed by atoms with van der Waals surface area (Å²) < 4.78 is 12.8. The van der Waals surface area contributed by atoms with Crippen LogP contribution in [0.3, 0.4) is 0 Å². The first-order valence-electron chi connectivity index (χ1n) is 6.25. The maximum Gasteiger partial charge on any atom is 0.185 e. The minimum atomic E-state index is -0.351. The smallest absolute Gasteiger partial charge is 0.185 e. The molecular formula is C14H16FN3O2. The second kappa shape index (κ2) is 5.40. The molecule has 1 aliphatic carbocycles. The first-order valence-corrected chi connectivity index (χ1v) is 6.25. The minimum absolute atomic E-state index is 0.121. The fraction of sp³-hybridized carbons (Fsp3) is 0.357. The van der Waals surface area contributed by atoms with Gasteiger partial charge >= 0.3 is 0 Å². The Hall–Kier alpha value is -2.24. The van der Waals surface area contributed by atoms with E-state index in [1.807, 2.05) is 13.8 Å². The Labute approximate surface area is 116 Å². The number of carbonyl (C=O) groups excluding carboxylic acids is 1. The Balaban J connectivity index is 2.20. The van der Waals surface area contributed by atoms with E-state index in [0.717, 1.165) is 0 Å². The molecule has 0 saturated heterocycles. The first-order chi connectivity index (χ1) is 9.41.